The molecule has 4 aromatic rings. The highest BCUT2D eigenvalue weighted by Crippen LogP contribution is 2.34. The molecule has 3 aromatic carbocycles. The molecule has 0 radical (unpaired) electrons. The van der Waals surface area contributed by atoms with Gasteiger partial charge in [0.15, 0.2) is 6.54 Å². The molecule has 1 aromatic heterocycles. The van der Waals surface area contributed by atoms with Gasteiger partial charge < -0.3 is 77.3 Å². The highest BCUT2D eigenvalue weighted by atomic mass is 32.2. The Labute approximate surface area is 467 Å². The summed E-state index contributed by atoms with van der Waals surface area (Å²) >= 11 is 0. The van der Waals surface area contributed by atoms with Crippen LogP contribution in [0.2, 0.25) is 0 Å². The van der Waals surface area contributed by atoms with Crippen molar-refractivity contribution >= 4 is 55.7 Å². The summed E-state index contributed by atoms with van der Waals surface area (Å²) in [6, 6.07) is 13.5. The van der Waals surface area contributed by atoms with Crippen LogP contribution in [0.5, 0.6) is 17.2 Å². The van der Waals surface area contributed by atoms with E-state index in [4.69, 9.17) is 66.7 Å². The van der Waals surface area contributed by atoms with E-state index in [1.165, 1.54) is 0 Å². The number of fused-ring (bicyclic) bond motifs is 2. The van der Waals surface area contributed by atoms with Crippen molar-refractivity contribution in [2.24, 2.45) is 0 Å². The molecule has 4 rings (SSSR count). The number of carboxylic acid groups (broad SMARTS) is 1. The maximum atomic E-state index is 15.2. The number of pyridine rings is 1. The number of aliphatic carboxylic acids is 1. The molecule has 0 spiro atoms. The summed E-state index contributed by atoms with van der Waals surface area (Å²) in [5.74, 6) is -1.99. The van der Waals surface area contributed by atoms with Crippen LogP contribution in [0.1, 0.15) is 57.5 Å². The normalized spacial score (nSPS) is 11.7. The van der Waals surface area contributed by atoms with E-state index in [1.807, 2.05) is 4.57 Å². The molecular formula is C55H80N3O21S+. The van der Waals surface area contributed by atoms with Crippen LogP contribution in [-0.4, -0.2) is 207 Å². The molecule has 2 amide bonds. The van der Waals surface area contributed by atoms with E-state index < -0.39 is 40.0 Å². The van der Waals surface area contributed by atoms with Crippen molar-refractivity contribution in [2.75, 3.05) is 153 Å². The first-order chi connectivity index (χ1) is 38.6. The summed E-state index contributed by atoms with van der Waals surface area (Å²) in [6.45, 7) is 8.07. The lowest BCUT2D eigenvalue weighted by Crippen LogP contribution is -2.37. The van der Waals surface area contributed by atoms with E-state index in [9.17, 15) is 27.4 Å². The van der Waals surface area contributed by atoms with Crippen LogP contribution in [0.15, 0.2) is 48.5 Å². The van der Waals surface area contributed by atoms with Gasteiger partial charge in [-0.3, -0.25) is 18.9 Å². The Kier molecular flexibility index (Phi) is 31.2. The molecular weight excluding hydrogens is 1070 g/mol. The van der Waals surface area contributed by atoms with Gasteiger partial charge in [0.2, 0.25) is 16.9 Å². The number of nitrogens with zero attached hydrogens (tertiary/aromatic N) is 1. The van der Waals surface area contributed by atoms with Gasteiger partial charge in [-0.15, -0.1) is 0 Å². The predicted molar refractivity (Wildman–Crippen MR) is 292 cm³/mol. The minimum absolute atomic E-state index is 0.0123. The van der Waals surface area contributed by atoms with Crippen molar-refractivity contribution in [3.63, 3.8) is 0 Å². The number of hydrogen-bond acceptors (Lipinski definition) is 19. The highest BCUT2D eigenvalue weighted by molar-refractivity contribution is 7.85. The summed E-state index contributed by atoms with van der Waals surface area (Å²) in [5, 5.41) is 14.9. The third-order valence-corrected chi connectivity index (χ3v) is 12.6. The summed E-state index contributed by atoms with van der Waals surface area (Å²) < 4.78 is 110. The Balaban J connectivity index is 1.68. The minimum Gasteiger partial charge on any atom is -0.486 e. The van der Waals surface area contributed by atoms with E-state index in [-0.39, 0.29) is 121 Å². The van der Waals surface area contributed by atoms with Crippen LogP contribution >= 0.6 is 0 Å². The number of nitrogens with one attached hydrogen (secondary N) is 2. The number of esters is 1. The molecule has 0 atom stereocenters. The maximum Gasteiger partial charge on any atom is 0.345 e. The number of aromatic nitrogens is 1. The quantitative estimate of drug-likeness (QED) is 0.0123. The highest BCUT2D eigenvalue weighted by Gasteiger charge is 2.29. The van der Waals surface area contributed by atoms with E-state index in [2.05, 4.69) is 10.6 Å². The second-order valence-corrected chi connectivity index (χ2v) is 19.8. The van der Waals surface area contributed by atoms with E-state index >= 15 is 4.79 Å². The zero-order valence-electron chi connectivity index (χ0n) is 46.8. The Morgan fingerprint density at radius 1 is 0.575 bits per heavy atom. The fraction of sp³-hybridized carbons (Fsp3) is 0.582. The van der Waals surface area contributed by atoms with Gasteiger partial charge in [-0.25, -0.2) is 4.79 Å². The SMILES string of the molecule is COCCOCC(COCCOC)Oc1ccc2c(c1)c(C(=O)Oc1c(C)cc(C(=O)NCCOCCOCCNC(=O)CCCC(=O)O)cc1C)c1cc(OC(COCCOC)COCCOC)ccc1[n+]2CCCS(=O)(=O)O. The fourth-order valence-corrected chi connectivity index (χ4v) is 8.53. The van der Waals surface area contributed by atoms with Gasteiger partial charge in [0.25, 0.3) is 16.0 Å². The number of methoxy groups -OCH3 is 4. The standard InChI is InChI=1S/C55H79N3O21S/c1-39-31-41(54(62)57-16-19-72-29-28-71-18-15-56-50(59)9-7-10-51(60)61)32-40(2)53(39)79-55(63)52-46-33-42(77-44(35-73-24-20-67-3)36-74-25-21-68-4)11-13-48(46)58(17-8-30-80(64,65)66)49-14-12-43(34-47(49)52)78-45(37-75-26-22-69-5)38-76-27-23-70-6/h11-14,31-34,44-45H,7-10,15-30,35-38H2,1-6H3,(H3-,56,57,59,60,61,62,64,65,66)/p+1. The molecule has 0 aliphatic heterocycles. The van der Waals surface area contributed by atoms with E-state index in [1.54, 1.807) is 90.8 Å². The predicted octanol–water partition coefficient (Wildman–Crippen LogP) is 3.68. The lowest BCUT2D eigenvalue weighted by Gasteiger charge is -2.21. The number of carboxylic acids is 1. The fourth-order valence-electron chi connectivity index (χ4n) is 8.03. The molecule has 0 saturated heterocycles. The number of aryl methyl sites for hydroxylation is 3. The molecule has 0 fully saturated rings. The summed E-state index contributed by atoms with van der Waals surface area (Å²) in [6.07, 6.45) is -0.918. The van der Waals surface area contributed by atoms with Crippen LogP contribution in [-0.2, 0) is 73.6 Å². The lowest BCUT2D eigenvalue weighted by atomic mass is 10.0. The first kappa shape index (κ1) is 66.8. The Bertz CT molecular complexity index is 2520. The third-order valence-electron chi connectivity index (χ3n) is 11.8. The topological polar surface area (TPSA) is 291 Å². The van der Waals surface area contributed by atoms with Crippen LogP contribution in [0.4, 0.5) is 0 Å². The minimum atomic E-state index is -4.34. The van der Waals surface area contributed by atoms with Gasteiger partial charge in [-0.2, -0.15) is 13.0 Å². The Hall–Kier alpha value is -5.68. The Morgan fingerprint density at radius 3 is 1.46 bits per heavy atom. The van der Waals surface area contributed by atoms with Gasteiger partial charge in [0.05, 0.1) is 128 Å². The number of ether oxygens (including phenoxy) is 13. The molecule has 0 unspecified atom stereocenters. The number of carbonyl (C=O) groups is 4. The molecule has 0 bridgehead atoms. The van der Waals surface area contributed by atoms with Crippen molar-refractivity contribution in [3.05, 3.63) is 70.8 Å². The smallest absolute Gasteiger partial charge is 0.345 e. The second kappa shape index (κ2) is 37.4. The van der Waals surface area contributed by atoms with E-state index in [0.717, 1.165) is 0 Å². The molecule has 25 heteroatoms. The van der Waals surface area contributed by atoms with Crippen molar-refractivity contribution in [1.29, 1.82) is 0 Å². The van der Waals surface area contributed by atoms with Crippen molar-refractivity contribution < 1.29 is 103 Å². The molecule has 0 aliphatic carbocycles. The summed E-state index contributed by atoms with van der Waals surface area (Å²) in [4.78, 5) is 51.0. The number of hydrogen-bond donors (Lipinski definition) is 4. The number of rotatable bonds is 44. The molecule has 0 aliphatic rings. The summed E-state index contributed by atoms with van der Waals surface area (Å²) in [7, 11) is 1.93. The van der Waals surface area contributed by atoms with Crippen LogP contribution in [0, 0.1) is 13.8 Å². The van der Waals surface area contributed by atoms with Crippen LogP contribution in [0.25, 0.3) is 21.8 Å². The summed E-state index contributed by atoms with van der Waals surface area (Å²) in [5.41, 5.74) is 2.41. The Morgan fingerprint density at radius 2 is 1.02 bits per heavy atom. The largest absolute Gasteiger partial charge is 0.486 e. The van der Waals surface area contributed by atoms with Gasteiger partial charge >= 0.3 is 11.9 Å². The van der Waals surface area contributed by atoms with Crippen LogP contribution in [0.3, 0.4) is 0 Å². The lowest BCUT2D eigenvalue weighted by molar-refractivity contribution is -0.645. The average Bonchev–Trinajstić information content (AvgIpc) is 3.62. The molecule has 1 heterocycles. The second-order valence-electron chi connectivity index (χ2n) is 18.2. The zero-order valence-corrected chi connectivity index (χ0v) is 47.6. The van der Waals surface area contributed by atoms with Crippen molar-refractivity contribution in [1.82, 2.24) is 10.6 Å². The molecule has 80 heavy (non-hydrogen) atoms. The van der Waals surface area contributed by atoms with E-state index in [0.29, 0.717) is 103 Å². The molecule has 4 N–H and O–H groups in total. The van der Waals surface area contributed by atoms with Gasteiger partial charge in [-0.05, 0) is 67.8 Å². The molecule has 446 valence electrons. The van der Waals surface area contributed by atoms with Gasteiger partial charge in [-0.1, -0.05) is 0 Å². The third kappa shape index (κ3) is 24.6. The zero-order chi connectivity index (χ0) is 58.1. The first-order valence-corrected chi connectivity index (χ1v) is 27.9. The average molecular weight is 1150 g/mol. The maximum absolute atomic E-state index is 15.2. The monoisotopic (exact) mass is 1150 g/mol. The molecule has 24 nitrogen and oxygen atoms in total. The number of carbonyl (C=O) groups excluding carboxylic acids is 3. The van der Waals surface area contributed by atoms with Crippen LogP contribution < -0.4 is 29.4 Å². The molecule has 0 saturated carbocycles. The van der Waals surface area contributed by atoms with Crippen molar-refractivity contribution in [2.45, 2.75) is 58.3 Å². The van der Waals surface area contributed by atoms with Crippen molar-refractivity contribution in [3.8, 4) is 17.2 Å². The van der Waals surface area contributed by atoms with Gasteiger partial charge in [0, 0.05) is 78.5 Å². The number of benzene rings is 3. The first-order valence-electron chi connectivity index (χ1n) is 26.3. The number of amides is 2. The van der Waals surface area contributed by atoms with Gasteiger partial charge in [0.1, 0.15) is 29.5 Å².